The Morgan fingerprint density at radius 1 is 0.778 bits per heavy atom. The highest BCUT2D eigenvalue weighted by molar-refractivity contribution is 5.82. The predicted octanol–water partition coefficient (Wildman–Crippen LogP) is 6.91. The first-order valence-electron chi connectivity index (χ1n) is 11.7. The van der Waals surface area contributed by atoms with Gasteiger partial charge in [-0.1, -0.05) is 72.8 Å². The molecule has 0 spiro atoms. The molecule has 1 heterocycles. The molecule has 178 valence electrons. The number of imidazole rings is 1. The standard InChI is InChI=1S/C30H26N4O2/c1-32(2)26-18-16-25(17-19-26)30-31-28(23-11-5-3-6-12-23)29(24-13-7-4-8-14-24)33(30)21-22-10-9-15-27(20-22)34(35)36/h3-20H,21H2,1-2H3. The van der Waals surface area contributed by atoms with E-state index in [9.17, 15) is 10.1 Å². The number of hydrogen-bond donors (Lipinski definition) is 0. The molecule has 4 aromatic carbocycles. The van der Waals surface area contributed by atoms with Crippen molar-refractivity contribution in [1.29, 1.82) is 0 Å². The van der Waals surface area contributed by atoms with Gasteiger partial charge >= 0.3 is 0 Å². The Balaban J connectivity index is 1.76. The zero-order chi connectivity index (χ0) is 25.1. The van der Waals surface area contributed by atoms with E-state index < -0.39 is 0 Å². The summed E-state index contributed by atoms with van der Waals surface area (Å²) in [6.45, 7) is 0.441. The maximum absolute atomic E-state index is 11.4. The van der Waals surface area contributed by atoms with E-state index in [4.69, 9.17) is 4.98 Å². The van der Waals surface area contributed by atoms with E-state index in [0.29, 0.717) is 6.54 Å². The molecule has 0 radical (unpaired) electrons. The molecule has 0 atom stereocenters. The lowest BCUT2D eigenvalue weighted by Crippen LogP contribution is -2.08. The van der Waals surface area contributed by atoms with E-state index in [-0.39, 0.29) is 10.6 Å². The highest BCUT2D eigenvalue weighted by atomic mass is 16.6. The van der Waals surface area contributed by atoms with Crippen molar-refractivity contribution in [1.82, 2.24) is 9.55 Å². The van der Waals surface area contributed by atoms with Gasteiger partial charge < -0.3 is 9.47 Å². The van der Waals surface area contributed by atoms with Crippen LogP contribution in [-0.2, 0) is 6.54 Å². The summed E-state index contributed by atoms with van der Waals surface area (Å²) in [6.07, 6.45) is 0. The first-order chi connectivity index (χ1) is 17.5. The smallest absolute Gasteiger partial charge is 0.269 e. The van der Waals surface area contributed by atoms with Gasteiger partial charge in [-0.2, -0.15) is 0 Å². The molecule has 0 aliphatic carbocycles. The highest BCUT2D eigenvalue weighted by Crippen LogP contribution is 2.37. The number of nitro benzene ring substituents is 1. The number of anilines is 1. The molecule has 0 aliphatic heterocycles. The van der Waals surface area contributed by atoms with E-state index in [1.807, 2.05) is 56.6 Å². The summed E-state index contributed by atoms with van der Waals surface area (Å²) >= 11 is 0. The van der Waals surface area contributed by atoms with Crippen LogP contribution in [-0.4, -0.2) is 28.6 Å². The minimum absolute atomic E-state index is 0.0778. The molecule has 6 nitrogen and oxygen atoms in total. The molecular weight excluding hydrogens is 448 g/mol. The zero-order valence-corrected chi connectivity index (χ0v) is 20.2. The van der Waals surface area contributed by atoms with Gasteiger partial charge in [0.05, 0.1) is 16.3 Å². The molecule has 5 rings (SSSR count). The fraction of sp³-hybridized carbons (Fsp3) is 0.100. The molecule has 6 heteroatoms. The third-order valence-corrected chi connectivity index (χ3v) is 6.17. The molecule has 0 saturated carbocycles. The highest BCUT2D eigenvalue weighted by Gasteiger charge is 2.22. The second-order valence-corrected chi connectivity index (χ2v) is 8.82. The largest absolute Gasteiger partial charge is 0.378 e. The van der Waals surface area contributed by atoms with Crippen molar-refractivity contribution < 1.29 is 4.92 Å². The van der Waals surface area contributed by atoms with Crippen LogP contribution in [0.2, 0.25) is 0 Å². The van der Waals surface area contributed by atoms with Crippen LogP contribution in [0.1, 0.15) is 5.56 Å². The SMILES string of the molecule is CN(C)c1ccc(-c2nc(-c3ccccc3)c(-c3ccccc3)n2Cc2cccc([N+](=O)[O-])c2)cc1. The quantitative estimate of drug-likeness (QED) is 0.190. The predicted molar refractivity (Wildman–Crippen MR) is 145 cm³/mol. The van der Waals surface area contributed by atoms with Gasteiger partial charge in [-0.15, -0.1) is 0 Å². The van der Waals surface area contributed by atoms with Crippen LogP contribution in [0.3, 0.4) is 0 Å². The minimum Gasteiger partial charge on any atom is -0.378 e. The van der Waals surface area contributed by atoms with Gasteiger partial charge in [-0.05, 0) is 29.8 Å². The van der Waals surface area contributed by atoms with E-state index in [1.165, 1.54) is 6.07 Å². The number of benzene rings is 4. The molecule has 0 aliphatic rings. The summed E-state index contributed by atoms with van der Waals surface area (Å²) in [5.41, 5.74) is 6.88. The van der Waals surface area contributed by atoms with Gasteiger partial charge in [0.2, 0.25) is 0 Å². The molecule has 0 bridgehead atoms. The van der Waals surface area contributed by atoms with Crippen molar-refractivity contribution in [3.8, 4) is 33.9 Å². The molecule has 0 N–H and O–H groups in total. The number of nitrogens with zero attached hydrogens (tertiary/aromatic N) is 4. The Morgan fingerprint density at radius 2 is 1.42 bits per heavy atom. The summed E-state index contributed by atoms with van der Waals surface area (Å²) in [5, 5.41) is 11.4. The Bertz CT molecular complexity index is 1490. The van der Waals surface area contributed by atoms with Gasteiger partial charge in [0.1, 0.15) is 5.82 Å². The molecule has 0 saturated heterocycles. The van der Waals surface area contributed by atoms with Gasteiger partial charge in [0, 0.05) is 55.2 Å². The third-order valence-electron chi connectivity index (χ3n) is 6.17. The van der Waals surface area contributed by atoms with Crippen LogP contribution in [0.5, 0.6) is 0 Å². The molecule has 5 aromatic rings. The van der Waals surface area contributed by atoms with Gasteiger partial charge in [0.25, 0.3) is 5.69 Å². The van der Waals surface area contributed by atoms with Crippen molar-refractivity contribution in [2.45, 2.75) is 6.54 Å². The van der Waals surface area contributed by atoms with Crippen molar-refractivity contribution in [2.75, 3.05) is 19.0 Å². The Morgan fingerprint density at radius 3 is 2.03 bits per heavy atom. The number of nitro groups is 1. The topological polar surface area (TPSA) is 64.2 Å². The lowest BCUT2D eigenvalue weighted by molar-refractivity contribution is -0.384. The Labute approximate surface area is 210 Å². The third kappa shape index (κ3) is 4.61. The monoisotopic (exact) mass is 474 g/mol. The van der Waals surface area contributed by atoms with Crippen LogP contribution in [0.4, 0.5) is 11.4 Å². The lowest BCUT2D eigenvalue weighted by atomic mass is 10.0. The fourth-order valence-corrected chi connectivity index (χ4v) is 4.37. The maximum atomic E-state index is 11.4. The number of hydrogen-bond acceptors (Lipinski definition) is 4. The summed E-state index contributed by atoms with van der Waals surface area (Å²) in [5.74, 6) is 0.810. The molecule has 0 amide bonds. The van der Waals surface area contributed by atoms with Crippen molar-refractivity contribution in [2.24, 2.45) is 0 Å². The number of rotatable bonds is 7. The van der Waals surface area contributed by atoms with Crippen molar-refractivity contribution in [3.63, 3.8) is 0 Å². The van der Waals surface area contributed by atoms with Crippen LogP contribution in [0.15, 0.2) is 109 Å². The minimum atomic E-state index is -0.355. The van der Waals surface area contributed by atoms with Crippen molar-refractivity contribution >= 4 is 11.4 Å². The average molecular weight is 475 g/mol. The summed E-state index contributed by atoms with van der Waals surface area (Å²) < 4.78 is 2.17. The first kappa shape index (κ1) is 23.1. The molecule has 0 unspecified atom stereocenters. The Hall–Kier alpha value is -4.71. The normalized spacial score (nSPS) is 10.8. The first-order valence-corrected chi connectivity index (χ1v) is 11.7. The van der Waals surface area contributed by atoms with E-state index in [1.54, 1.807) is 12.1 Å². The Kier molecular flexibility index (Phi) is 6.33. The average Bonchev–Trinajstić information content (AvgIpc) is 3.29. The summed E-state index contributed by atoms with van der Waals surface area (Å²) in [4.78, 5) is 18.3. The van der Waals surface area contributed by atoms with E-state index >= 15 is 0 Å². The van der Waals surface area contributed by atoms with Crippen LogP contribution in [0, 0.1) is 10.1 Å². The van der Waals surface area contributed by atoms with E-state index in [0.717, 1.165) is 45.2 Å². The fourth-order valence-electron chi connectivity index (χ4n) is 4.37. The van der Waals surface area contributed by atoms with Gasteiger partial charge in [-0.25, -0.2) is 4.98 Å². The summed E-state index contributed by atoms with van der Waals surface area (Å²) in [7, 11) is 4.03. The van der Waals surface area contributed by atoms with Gasteiger partial charge in [-0.3, -0.25) is 10.1 Å². The number of non-ortho nitro benzene ring substituents is 1. The lowest BCUT2D eigenvalue weighted by Gasteiger charge is -2.15. The molecule has 1 aromatic heterocycles. The van der Waals surface area contributed by atoms with E-state index in [2.05, 4.69) is 58.0 Å². The maximum Gasteiger partial charge on any atom is 0.269 e. The second kappa shape index (κ2) is 9.88. The molecule has 36 heavy (non-hydrogen) atoms. The second-order valence-electron chi connectivity index (χ2n) is 8.82. The molecule has 0 fully saturated rings. The summed E-state index contributed by atoms with van der Waals surface area (Å²) in [6, 6.07) is 35.4. The van der Waals surface area contributed by atoms with Gasteiger partial charge in [0.15, 0.2) is 0 Å². The molecular formula is C30H26N4O2. The van der Waals surface area contributed by atoms with Crippen molar-refractivity contribution in [3.05, 3.63) is 125 Å². The van der Waals surface area contributed by atoms with Crippen LogP contribution < -0.4 is 4.90 Å². The van der Waals surface area contributed by atoms with Crippen LogP contribution >= 0.6 is 0 Å². The van der Waals surface area contributed by atoms with Crippen LogP contribution in [0.25, 0.3) is 33.9 Å². The zero-order valence-electron chi connectivity index (χ0n) is 20.2. The number of aromatic nitrogens is 2.